The van der Waals surface area contributed by atoms with Crippen LogP contribution in [-0.4, -0.2) is 23.5 Å². The molecule has 1 unspecified atom stereocenters. The van der Waals surface area contributed by atoms with E-state index < -0.39 is 0 Å². The molecule has 1 aliphatic rings. The number of methoxy groups -OCH3 is 1. The lowest BCUT2D eigenvalue weighted by molar-refractivity contribution is 0.155. The molecule has 2 aromatic heterocycles. The standard InChI is InChI=1S/C16H20N2O2/c1-19-12-14-7-8-16(20-14)15-6-4-10-18(15)11-13-5-2-3-9-17-13/h2-3,5,7-9,15H,4,6,10-12H2,1H3. The van der Waals surface area contributed by atoms with Crippen molar-refractivity contribution in [2.24, 2.45) is 0 Å². The van der Waals surface area contributed by atoms with Gasteiger partial charge < -0.3 is 9.15 Å². The highest BCUT2D eigenvalue weighted by Gasteiger charge is 2.28. The van der Waals surface area contributed by atoms with Gasteiger partial charge in [0.15, 0.2) is 0 Å². The van der Waals surface area contributed by atoms with Crippen LogP contribution in [0.5, 0.6) is 0 Å². The fourth-order valence-electron chi connectivity index (χ4n) is 2.83. The summed E-state index contributed by atoms with van der Waals surface area (Å²) in [4.78, 5) is 6.85. The molecule has 0 spiro atoms. The maximum atomic E-state index is 5.89. The van der Waals surface area contributed by atoms with Crippen LogP contribution in [-0.2, 0) is 17.9 Å². The minimum absolute atomic E-state index is 0.364. The second kappa shape index (κ2) is 6.20. The summed E-state index contributed by atoms with van der Waals surface area (Å²) in [5.41, 5.74) is 1.11. The van der Waals surface area contributed by atoms with Gasteiger partial charge in [0.05, 0.1) is 11.7 Å². The molecule has 1 aliphatic heterocycles. The van der Waals surface area contributed by atoms with Crippen LogP contribution in [0.25, 0.3) is 0 Å². The smallest absolute Gasteiger partial charge is 0.129 e. The first-order valence-corrected chi connectivity index (χ1v) is 7.08. The third-order valence-corrected chi connectivity index (χ3v) is 3.75. The summed E-state index contributed by atoms with van der Waals surface area (Å²) in [6, 6.07) is 10.5. The van der Waals surface area contributed by atoms with Crippen LogP contribution in [0.2, 0.25) is 0 Å². The van der Waals surface area contributed by atoms with Crippen molar-refractivity contribution in [1.82, 2.24) is 9.88 Å². The van der Waals surface area contributed by atoms with Crippen molar-refractivity contribution in [3.63, 3.8) is 0 Å². The first-order valence-electron chi connectivity index (χ1n) is 7.08. The second-order valence-electron chi connectivity index (χ2n) is 5.19. The quantitative estimate of drug-likeness (QED) is 0.838. The zero-order chi connectivity index (χ0) is 13.8. The van der Waals surface area contributed by atoms with Gasteiger partial charge in [-0.05, 0) is 43.7 Å². The van der Waals surface area contributed by atoms with Gasteiger partial charge in [-0.1, -0.05) is 6.07 Å². The van der Waals surface area contributed by atoms with E-state index >= 15 is 0 Å². The van der Waals surface area contributed by atoms with E-state index in [-0.39, 0.29) is 0 Å². The monoisotopic (exact) mass is 272 g/mol. The van der Waals surface area contributed by atoms with Gasteiger partial charge in [-0.2, -0.15) is 0 Å². The molecule has 3 heterocycles. The molecule has 1 atom stereocenters. The first kappa shape index (κ1) is 13.3. The number of hydrogen-bond donors (Lipinski definition) is 0. The number of pyridine rings is 1. The molecule has 20 heavy (non-hydrogen) atoms. The molecule has 0 amide bonds. The number of aromatic nitrogens is 1. The summed E-state index contributed by atoms with van der Waals surface area (Å²) in [6.45, 7) is 2.51. The summed E-state index contributed by atoms with van der Waals surface area (Å²) in [7, 11) is 1.69. The molecule has 1 fully saturated rings. The van der Waals surface area contributed by atoms with Crippen molar-refractivity contribution in [3.8, 4) is 0 Å². The van der Waals surface area contributed by atoms with E-state index in [0.717, 1.165) is 36.7 Å². The third-order valence-electron chi connectivity index (χ3n) is 3.75. The van der Waals surface area contributed by atoms with Gasteiger partial charge in [0.1, 0.15) is 18.1 Å². The molecule has 106 valence electrons. The SMILES string of the molecule is COCc1ccc(C2CCCN2Cc2ccccn2)o1. The van der Waals surface area contributed by atoms with Gasteiger partial charge in [0, 0.05) is 19.9 Å². The normalized spacial score (nSPS) is 19.6. The molecule has 0 saturated carbocycles. The van der Waals surface area contributed by atoms with Gasteiger partial charge in [-0.3, -0.25) is 9.88 Å². The van der Waals surface area contributed by atoms with Crippen LogP contribution >= 0.6 is 0 Å². The third kappa shape index (κ3) is 2.92. The lowest BCUT2D eigenvalue weighted by Gasteiger charge is -2.22. The molecule has 1 saturated heterocycles. The fourth-order valence-corrected chi connectivity index (χ4v) is 2.83. The van der Waals surface area contributed by atoms with Crippen molar-refractivity contribution in [1.29, 1.82) is 0 Å². The van der Waals surface area contributed by atoms with Crippen molar-refractivity contribution < 1.29 is 9.15 Å². The van der Waals surface area contributed by atoms with Crippen molar-refractivity contribution in [2.75, 3.05) is 13.7 Å². The van der Waals surface area contributed by atoms with Crippen molar-refractivity contribution >= 4 is 0 Å². The van der Waals surface area contributed by atoms with Crippen LogP contribution in [0.3, 0.4) is 0 Å². The molecular formula is C16H20N2O2. The zero-order valence-corrected chi connectivity index (χ0v) is 11.8. The molecule has 3 rings (SSSR count). The number of nitrogens with zero attached hydrogens (tertiary/aromatic N) is 2. The molecule has 4 nitrogen and oxygen atoms in total. The lowest BCUT2D eigenvalue weighted by atomic mass is 10.1. The van der Waals surface area contributed by atoms with Gasteiger partial charge >= 0.3 is 0 Å². The highest BCUT2D eigenvalue weighted by Crippen LogP contribution is 2.33. The fraction of sp³-hybridized carbons (Fsp3) is 0.438. The lowest BCUT2D eigenvalue weighted by Crippen LogP contribution is -2.22. The van der Waals surface area contributed by atoms with Crippen molar-refractivity contribution in [2.45, 2.75) is 32.0 Å². The number of likely N-dealkylation sites (tertiary alicyclic amines) is 1. The molecule has 4 heteroatoms. The van der Waals surface area contributed by atoms with E-state index in [0.29, 0.717) is 12.6 Å². The number of rotatable bonds is 5. The molecule has 0 bridgehead atoms. The topological polar surface area (TPSA) is 38.5 Å². The summed E-state index contributed by atoms with van der Waals surface area (Å²) in [6.07, 6.45) is 4.20. The second-order valence-corrected chi connectivity index (χ2v) is 5.19. The highest BCUT2D eigenvalue weighted by molar-refractivity contribution is 5.13. The molecule has 0 radical (unpaired) electrons. The van der Waals surface area contributed by atoms with Crippen LogP contribution < -0.4 is 0 Å². The Kier molecular flexibility index (Phi) is 4.14. The Hall–Kier alpha value is -1.65. The average Bonchev–Trinajstić information content (AvgIpc) is 3.09. The zero-order valence-electron chi connectivity index (χ0n) is 11.8. The number of hydrogen-bond acceptors (Lipinski definition) is 4. The van der Waals surface area contributed by atoms with Gasteiger partial charge in [0.2, 0.25) is 0 Å². The Morgan fingerprint density at radius 3 is 3.10 bits per heavy atom. The van der Waals surface area contributed by atoms with E-state index in [1.807, 2.05) is 24.4 Å². The summed E-state index contributed by atoms with van der Waals surface area (Å²) >= 11 is 0. The van der Waals surface area contributed by atoms with Gasteiger partial charge in [0.25, 0.3) is 0 Å². The molecule has 2 aromatic rings. The Morgan fingerprint density at radius 2 is 2.30 bits per heavy atom. The summed E-state index contributed by atoms with van der Waals surface area (Å²) in [5, 5.41) is 0. The summed E-state index contributed by atoms with van der Waals surface area (Å²) in [5.74, 6) is 1.94. The minimum atomic E-state index is 0.364. The van der Waals surface area contributed by atoms with E-state index in [4.69, 9.17) is 9.15 Å². The Bertz CT molecular complexity index is 538. The van der Waals surface area contributed by atoms with Gasteiger partial charge in [-0.25, -0.2) is 0 Å². The predicted octanol–water partition coefficient (Wildman–Crippen LogP) is 3.16. The van der Waals surface area contributed by atoms with Crippen LogP contribution in [0.4, 0.5) is 0 Å². The largest absolute Gasteiger partial charge is 0.462 e. The number of ether oxygens (including phenoxy) is 1. The van der Waals surface area contributed by atoms with Crippen molar-refractivity contribution in [3.05, 3.63) is 53.7 Å². The Balaban J connectivity index is 1.71. The predicted molar refractivity (Wildman–Crippen MR) is 76.0 cm³/mol. The Labute approximate surface area is 119 Å². The van der Waals surface area contributed by atoms with Crippen LogP contribution in [0.15, 0.2) is 40.9 Å². The van der Waals surface area contributed by atoms with E-state index in [2.05, 4.69) is 22.0 Å². The van der Waals surface area contributed by atoms with E-state index in [1.54, 1.807) is 7.11 Å². The molecule has 0 N–H and O–H groups in total. The Morgan fingerprint density at radius 1 is 1.35 bits per heavy atom. The van der Waals surface area contributed by atoms with Crippen LogP contribution in [0, 0.1) is 0 Å². The molecule has 0 aliphatic carbocycles. The first-order chi connectivity index (χ1) is 9.86. The van der Waals surface area contributed by atoms with Crippen LogP contribution in [0.1, 0.15) is 36.1 Å². The summed E-state index contributed by atoms with van der Waals surface area (Å²) < 4.78 is 11.0. The maximum absolute atomic E-state index is 5.89. The van der Waals surface area contributed by atoms with E-state index in [1.165, 1.54) is 6.42 Å². The minimum Gasteiger partial charge on any atom is -0.462 e. The van der Waals surface area contributed by atoms with Gasteiger partial charge in [-0.15, -0.1) is 0 Å². The average molecular weight is 272 g/mol. The molecular weight excluding hydrogens is 252 g/mol. The highest BCUT2D eigenvalue weighted by atomic mass is 16.5. The number of furan rings is 1. The molecule has 0 aromatic carbocycles. The van der Waals surface area contributed by atoms with E-state index in [9.17, 15) is 0 Å². The maximum Gasteiger partial charge on any atom is 0.129 e.